The van der Waals surface area contributed by atoms with Gasteiger partial charge in [0.2, 0.25) is 0 Å². The molecule has 0 fully saturated rings. The van der Waals surface area contributed by atoms with Crippen LogP contribution in [0.5, 0.6) is 0 Å². The standard InChI is InChI=1S/C70H39N5/c1-5-17-40(18-6-1)44-29-31-61-49(33-44)53-38-57(42-21-9-3-10-22-42)71-64-55-37-56-65-70-54(39-58(72-65)43-23-11-4-12-24-43)50-34-45(41-19-7-2-8-20-41)30-32-62(50)75(70)68(56)63(67(55)74(61)69(53)64)46-35-51-47-25-13-15-27-59(47)73-60-28-16-14-26-48(60)52(36-46)66(51)73/h1-39H. The Morgan fingerprint density at radius 2 is 0.587 bits per heavy atom. The summed E-state index contributed by atoms with van der Waals surface area (Å²) in [6.07, 6.45) is 0. The topological polar surface area (TPSA) is 39.0 Å². The summed E-state index contributed by atoms with van der Waals surface area (Å²) in [7, 11) is 0. The maximum atomic E-state index is 5.76. The van der Waals surface area contributed by atoms with Gasteiger partial charge in [-0.15, -0.1) is 0 Å². The predicted octanol–water partition coefficient (Wildman–Crippen LogP) is 18.3. The fourth-order valence-corrected chi connectivity index (χ4v) is 13.4. The largest absolute Gasteiger partial charge is 0.308 e. The fraction of sp³-hybridized carbons (Fsp3) is 0. The third-order valence-electron chi connectivity index (χ3n) is 16.6. The Hall–Kier alpha value is -10.1. The summed E-state index contributed by atoms with van der Waals surface area (Å²) in [6, 6.07) is 86.9. The Kier molecular flexibility index (Phi) is 7.54. The molecule has 0 aliphatic heterocycles. The molecule has 18 rings (SSSR count). The van der Waals surface area contributed by atoms with Crippen molar-refractivity contribution in [1.82, 2.24) is 23.2 Å². The summed E-state index contributed by atoms with van der Waals surface area (Å²) < 4.78 is 7.60. The molecule has 8 aromatic heterocycles. The Bertz CT molecular complexity index is 5050. The second-order valence-corrected chi connectivity index (χ2v) is 20.4. The van der Waals surface area contributed by atoms with Gasteiger partial charge in [0.1, 0.15) is 0 Å². The Balaban J connectivity index is 1.09. The van der Waals surface area contributed by atoms with E-state index in [0.717, 1.165) is 88.5 Å². The zero-order chi connectivity index (χ0) is 48.6. The van der Waals surface area contributed by atoms with Gasteiger partial charge in [0, 0.05) is 70.6 Å². The molecule has 0 amide bonds. The lowest BCUT2D eigenvalue weighted by Gasteiger charge is -2.12. The molecule has 10 aromatic carbocycles. The van der Waals surface area contributed by atoms with Crippen molar-refractivity contribution < 1.29 is 0 Å². The summed E-state index contributed by atoms with van der Waals surface area (Å²) in [5.74, 6) is 0. The van der Waals surface area contributed by atoms with Crippen LogP contribution in [0.2, 0.25) is 0 Å². The summed E-state index contributed by atoms with van der Waals surface area (Å²) >= 11 is 0. The third-order valence-corrected chi connectivity index (χ3v) is 16.6. The first kappa shape index (κ1) is 39.5. The summed E-state index contributed by atoms with van der Waals surface area (Å²) in [6.45, 7) is 0. The molecule has 0 N–H and O–H groups in total. The third kappa shape index (κ3) is 5.16. The van der Waals surface area contributed by atoms with Gasteiger partial charge in [-0.1, -0.05) is 170 Å². The molecule has 5 heteroatoms. The first-order valence-corrected chi connectivity index (χ1v) is 25.8. The molecule has 0 radical (unpaired) electrons. The first-order chi connectivity index (χ1) is 37.2. The van der Waals surface area contributed by atoms with Crippen molar-refractivity contribution >= 4 is 115 Å². The highest BCUT2D eigenvalue weighted by Gasteiger charge is 2.30. The molecule has 344 valence electrons. The molecule has 5 nitrogen and oxygen atoms in total. The van der Waals surface area contributed by atoms with Crippen LogP contribution < -0.4 is 0 Å². The maximum absolute atomic E-state index is 5.76. The molecule has 0 saturated heterocycles. The van der Waals surface area contributed by atoms with E-state index in [1.807, 2.05) is 0 Å². The molecule has 0 aliphatic carbocycles. The lowest BCUT2D eigenvalue weighted by molar-refractivity contribution is 1.34. The van der Waals surface area contributed by atoms with Crippen molar-refractivity contribution in [2.24, 2.45) is 0 Å². The molecule has 0 unspecified atom stereocenters. The van der Waals surface area contributed by atoms with Crippen molar-refractivity contribution in [2.75, 3.05) is 0 Å². The lowest BCUT2D eigenvalue weighted by atomic mass is 9.95. The Morgan fingerprint density at radius 3 is 1.04 bits per heavy atom. The van der Waals surface area contributed by atoms with E-state index in [4.69, 9.17) is 9.97 Å². The van der Waals surface area contributed by atoms with Crippen LogP contribution in [0.4, 0.5) is 0 Å². The van der Waals surface area contributed by atoms with Crippen molar-refractivity contribution in [3.63, 3.8) is 0 Å². The van der Waals surface area contributed by atoms with Gasteiger partial charge in [-0.25, -0.2) is 9.97 Å². The molecule has 75 heavy (non-hydrogen) atoms. The second-order valence-electron chi connectivity index (χ2n) is 20.4. The number of hydrogen-bond donors (Lipinski definition) is 0. The van der Waals surface area contributed by atoms with E-state index >= 15 is 0 Å². The van der Waals surface area contributed by atoms with Gasteiger partial charge in [0.15, 0.2) is 0 Å². The fourth-order valence-electron chi connectivity index (χ4n) is 13.4. The number of hydrogen-bond acceptors (Lipinski definition) is 2. The maximum Gasteiger partial charge on any atom is 0.0977 e. The molecule has 8 heterocycles. The zero-order valence-corrected chi connectivity index (χ0v) is 40.3. The van der Waals surface area contributed by atoms with E-state index in [1.54, 1.807) is 0 Å². The molecule has 0 bridgehead atoms. The number of rotatable bonds is 5. The van der Waals surface area contributed by atoms with Gasteiger partial charge < -0.3 is 13.2 Å². The van der Waals surface area contributed by atoms with Gasteiger partial charge in [0.05, 0.1) is 72.1 Å². The van der Waals surface area contributed by atoms with Gasteiger partial charge in [-0.05, 0) is 94.5 Å². The van der Waals surface area contributed by atoms with Gasteiger partial charge in [-0.2, -0.15) is 0 Å². The normalized spacial score (nSPS) is 12.5. The molecule has 18 aromatic rings. The highest BCUT2D eigenvalue weighted by molar-refractivity contribution is 6.34. The van der Waals surface area contributed by atoms with E-state index in [-0.39, 0.29) is 0 Å². The molecule has 0 spiro atoms. The van der Waals surface area contributed by atoms with Crippen LogP contribution in [0.25, 0.3) is 170 Å². The summed E-state index contributed by atoms with van der Waals surface area (Å²) in [4.78, 5) is 11.5. The van der Waals surface area contributed by atoms with Crippen LogP contribution in [-0.4, -0.2) is 23.2 Å². The number of fused-ring (bicyclic) bond motifs is 18. The minimum absolute atomic E-state index is 0.953. The van der Waals surface area contributed by atoms with Crippen LogP contribution >= 0.6 is 0 Å². The number of para-hydroxylation sites is 2. The van der Waals surface area contributed by atoms with Crippen LogP contribution in [0.3, 0.4) is 0 Å². The van der Waals surface area contributed by atoms with Crippen LogP contribution in [0, 0.1) is 0 Å². The highest BCUT2D eigenvalue weighted by Crippen LogP contribution is 2.52. The molecule has 0 atom stereocenters. The van der Waals surface area contributed by atoms with Gasteiger partial charge >= 0.3 is 0 Å². The van der Waals surface area contributed by atoms with Crippen molar-refractivity contribution in [2.45, 2.75) is 0 Å². The second kappa shape index (κ2) is 14.3. The molecule has 0 saturated carbocycles. The van der Waals surface area contributed by atoms with E-state index in [2.05, 4.69) is 250 Å². The van der Waals surface area contributed by atoms with Crippen molar-refractivity contribution in [3.8, 4) is 55.9 Å². The predicted molar refractivity (Wildman–Crippen MR) is 313 cm³/mol. The van der Waals surface area contributed by atoms with Gasteiger partial charge in [0.25, 0.3) is 0 Å². The van der Waals surface area contributed by atoms with Crippen molar-refractivity contribution in [1.29, 1.82) is 0 Å². The smallest absolute Gasteiger partial charge is 0.0977 e. The monoisotopic (exact) mass is 949 g/mol. The van der Waals surface area contributed by atoms with Gasteiger partial charge in [-0.3, -0.25) is 0 Å². The highest BCUT2D eigenvalue weighted by atomic mass is 15.0. The van der Waals surface area contributed by atoms with Crippen LogP contribution in [-0.2, 0) is 0 Å². The number of aromatic nitrogens is 5. The Labute approximate surface area is 428 Å². The first-order valence-electron chi connectivity index (χ1n) is 25.8. The zero-order valence-electron chi connectivity index (χ0n) is 40.3. The molecule has 0 aliphatic rings. The van der Waals surface area contributed by atoms with E-state index in [9.17, 15) is 0 Å². The average molecular weight is 950 g/mol. The minimum atomic E-state index is 0.953. The summed E-state index contributed by atoms with van der Waals surface area (Å²) in [5, 5.41) is 12.0. The number of benzene rings is 10. The van der Waals surface area contributed by atoms with Crippen LogP contribution in [0.1, 0.15) is 0 Å². The summed E-state index contributed by atoms with van der Waals surface area (Å²) in [5.41, 5.74) is 23.7. The van der Waals surface area contributed by atoms with E-state index in [0.29, 0.717) is 0 Å². The number of nitrogens with zero attached hydrogens (tertiary/aromatic N) is 5. The van der Waals surface area contributed by atoms with E-state index in [1.165, 1.54) is 81.9 Å². The van der Waals surface area contributed by atoms with Crippen molar-refractivity contribution in [3.05, 3.63) is 237 Å². The lowest BCUT2D eigenvalue weighted by Crippen LogP contribution is -1.92. The minimum Gasteiger partial charge on any atom is -0.308 e. The average Bonchev–Trinajstić information content (AvgIpc) is 4.42. The van der Waals surface area contributed by atoms with E-state index < -0.39 is 0 Å². The quantitative estimate of drug-likeness (QED) is 0.172. The Morgan fingerprint density at radius 1 is 0.213 bits per heavy atom. The molecular formula is C70H39N5. The number of pyridine rings is 2. The van der Waals surface area contributed by atoms with Crippen LogP contribution in [0.15, 0.2) is 237 Å². The molecular weight excluding hydrogens is 911 g/mol. The SMILES string of the molecule is c1ccc(-c2ccc3c(c2)c2cc(-c4ccccc4)nc4c5cc6c7nc(-c8ccccc8)cc8c9cc(-c%10ccccc%10)ccc9n(c6c(-c6cc9c%10ccccc%10n%10c%11ccccc%11c(c6)c9%10)c5n3c24)c87)cc1.